The first-order valence-electron chi connectivity index (χ1n) is 8.98. The molecule has 1 fully saturated rings. The number of hydrogen-bond donors (Lipinski definition) is 3. The SMILES string of the molecule is C[C@H](NC(=O)[C@@H]1N2C(=O)c3ccccc3[C@@H]2SC1(C)C)C(=O)N[C@@H](C)CO. The van der Waals surface area contributed by atoms with Crippen LogP contribution in [0.4, 0.5) is 0 Å². The summed E-state index contributed by atoms with van der Waals surface area (Å²) >= 11 is 1.58. The van der Waals surface area contributed by atoms with E-state index in [4.69, 9.17) is 5.11 Å². The van der Waals surface area contributed by atoms with Crippen molar-refractivity contribution in [3.8, 4) is 0 Å². The molecular formula is C19H25N3O4S. The Bertz CT molecular complexity index is 782. The van der Waals surface area contributed by atoms with Crippen LogP contribution in [0.15, 0.2) is 24.3 Å². The Morgan fingerprint density at radius 1 is 1.26 bits per heavy atom. The van der Waals surface area contributed by atoms with E-state index in [0.29, 0.717) is 5.56 Å². The van der Waals surface area contributed by atoms with Crippen molar-refractivity contribution in [1.29, 1.82) is 0 Å². The highest BCUT2D eigenvalue weighted by Gasteiger charge is 2.57. The first-order valence-corrected chi connectivity index (χ1v) is 9.86. The molecule has 3 N–H and O–H groups in total. The minimum atomic E-state index is -0.772. The Morgan fingerprint density at radius 3 is 2.59 bits per heavy atom. The van der Waals surface area contributed by atoms with Crippen molar-refractivity contribution in [1.82, 2.24) is 15.5 Å². The molecule has 146 valence electrons. The summed E-state index contributed by atoms with van der Waals surface area (Å²) in [6, 6.07) is 5.57. The maximum absolute atomic E-state index is 13.0. The fraction of sp³-hybridized carbons (Fsp3) is 0.526. The lowest BCUT2D eigenvalue weighted by Crippen LogP contribution is -2.57. The lowest BCUT2D eigenvalue weighted by atomic mass is 10.0. The number of thioether (sulfide) groups is 1. The van der Waals surface area contributed by atoms with Crippen molar-refractivity contribution >= 4 is 29.5 Å². The molecule has 2 aliphatic heterocycles. The van der Waals surface area contributed by atoms with Gasteiger partial charge < -0.3 is 20.6 Å². The van der Waals surface area contributed by atoms with Gasteiger partial charge in [0.1, 0.15) is 17.5 Å². The Morgan fingerprint density at radius 2 is 1.93 bits per heavy atom. The number of nitrogens with one attached hydrogen (secondary N) is 2. The predicted molar refractivity (Wildman–Crippen MR) is 103 cm³/mol. The molecule has 3 rings (SSSR count). The van der Waals surface area contributed by atoms with Crippen LogP contribution in [0.25, 0.3) is 0 Å². The van der Waals surface area contributed by atoms with Crippen molar-refractivity contribution in [2.45, 2.75) is 55.9 Å². The summed E-state index contributed by atoms with van der Waals surface area (Å²) in [7, 11) is 0. The fourth-order valence-electron chi connectivity index (χ4n) is 3.58. The molecular weight excluding hydrogens is 366 g/mol. The molecule has 3 amide bonds. The van der Waals surface area contributed by atoms with Gasteiger partial charge in [-0.25, -0.2) is 0 Å². The molecule has 2 aliphatic rings. The molecule has 0 aromatic heterocycles. The molecule has 0 radical (unpaired) electrons. The number of carbonyl (C=O) groups is 3. The third-order valence-corrected chi connectivity index (χ3v) is 6.49. The van der Waals surface area contributed by atoms with Crippen molar-refractivity contribution in [2.24, 2.45) is 0 Å². The Kier molecular flexibility index (Phi) is 5.22. The molecule has 0 saturated carbocycles. The second-order valence-electron chi connectivity index (χ2n) is 7.60. The smallest absolute Gasteiger partial charge is 0.256 e. The zero-order valence-electron chi connectivity index (χ0n) is 15.9. The number of benzene rings is 1. The normalized spacial score (nSPS) is 24.8. The molecule has 1 aromatic carbocycles. The molecule has 7 nitrogen and oxygen atoms in total. The Labute approximate surface area is 162 Å². The van der Waals surface area contributed by atoms with Crippen molar-refractivity contribution < 1.29 is 19.5 Å². The lowest BCUT2D eigenvalue weighted by molar-refractivity contribution is -0.131. The van der Waals surface area contributed by atoms with E-state index in [1.165, 1.54) is 0 Å². The average Bonchev–Trinajstić information content (AvgIpc) is 3.04. The topological polar surface area (TPSA) is 98.7 Å². The van der Waals surface area contributed by atoms with E-state index in [9.17, 15) is 14.4 Å². The monoisotopic (exact) mass is 391 g/mol. The van der Waals surface area contributed by atoms with Crippen LogP contribution < -0.4 is 10.6 Å². The highest BCUT2D eigenvalue weighted by atomic mass is 32.2. The van der Waals surface area contributed by atoms with Crippen LogP contribution in [-0.2, 0) is 9.59 Å². The average molecular weight is 391 g/mol. The number of rotatable bonds is 5. The minimum Gasteiger partial charge on any atom is -0.394 e. The van der Waals surface area contributed by atoms with E-state index >= 15 is 0 Å². The van der Waals surface area contributed by atoms with E-state index in [0.717, 1.165) is 5.56 Å². The zero-order valence-corrected chi connectivity index (χ0v) is 16.7. The third-order valence-electron chi connectivity index (χ3n) is 4.96. The van der Waals surface area contributed by atoms with E-state index < -0.39 is 22.9 Å². The van der Waals surface area contributed by atoms with E-state index in [-0.39, 0.29) is 29.7 Å². The van der Waals surface area contributed by atoms with Gasteiger partial charge in [0.2, 0.25) is 11.8 Å². The van der Waals surface area contributed by atoms with Gasteiger partial charge in [-0.1, -0.05) is 18.2 Å². The summed E-state index contributed by atoms with van der Waals surface area (Å²) in [5.74, 6) is -0.878. The number of aliphatic hydroxyl groups excluding tert-OH is 1. The van der Waals surface area contributed by atoms with Gasteiger partial charge in [-0.3, -0.25) is 14.4 Å². The second-order valence-corrected chi connectivity index (χ2v) is 9.33. The van der Waals surface area contributed by atoms with Crippen LogP contribution in [0.3, 0.4) is 0 Å². The van der Waals surface area contributed by atoms with Gasteiger partial charge in [0.25, 0.3) is 5.91 Å². The predicted octanol–water partition coefficient (Wildman–Crippen LogP) is 1.04. The molecule has 0 aliphatic carbocycles. The standard InChI is InChI=1S/C19H25N3O4S/c1-10(9-23)20-15(24)11(2)21-16(25)14-19(3,4)27-18-13-8-6-5-7-12(13)17(26)22(14)18/h5-8,10-11,14,18,23H,9H2,1-4H3,(H,20,24)(H,21,25)/t10-,11-,14-,18-/m0/s1. The van der Waals surface area contributed by atoms with Crippen LogP contribution in [-0.4, -0.2) is 57.2 Å². The van der Waals surface area contributed by atoms with Gasteiger partial charge in [-0.05, 0) is 39.3 Å². The highest BCUT2D eigenvalue weighted by Crippen LogP contribution is 2.56. The molecule has 8 heteroatoms. The summed E-state index contributed by atoms with van der Waals surface area (Å²) in [5, 5.41) is 14.2. The summed E-state index contributed by atoms with van der Waals surface area (Å²) in [6.07, 6.45) is 0. The number of amides is 3. The Balaban J connectivity index is 1.79. The van der Waals surface area contributed by atoms with Crippen LogP contribution in [0.2, 0.25) is 0 Å². The number of nitrogens with zero attached hydrogens (tertiary/aromatic N) is 1. The second kappa shape index (κ2) is 7.16. The summed E-state index contributed by atoms with van der Waals surface area (Å²) in [6.45, 7) is 6.96. The Hall–Kier alpha value is -2.06. The molecule has 27 heavy (non-hydrogen) atoms. The van der Waals surface area contributed by atoms with Crippen molar-refractivity contribution in [2.75, 3.05) is 6.61 Å². The van der Waals surface area contributed by atoms with Gasteiger partial charge in [0, 0.05) is 16.4 Å². The van der Waals surface area contributed by atoms with Crippen molar-refractivity contribution in [3.05, 3.63) is 35.4 Å². The van der Waals surface area contributed by atoms with Gasteiger partial charge in [-0.2, -0.15) is 0 Å². The number of aliphatic hydroxyl groups is 1. The minimum absolute atomic E-state index is 0.153. The summed E-state index contributed by atoms with van der Waals surface area (Å²) in [5.41, 5.74) is 1.56. The maximum atomic E-state index is 13.0. The van der Waals surface area contributed by atoms with Gasteiger partial charge in [-0.15, -0.1) is 11.8 Å². The molecule has 1 aromatic rings. The maximum Gasteiger partial charge on any atom is 0.256 e. The van der Waals surface area contributed by atoms with E-state index in [1.54, 1.807) is 36.6 Å². The molecule has 0 spiro atoms. The van der Waals surface area contributed by atoms with E-state index in [1.807, 2.05) is 32.0 Å². The van der Waals surface area contributed by atoms with Crippen LogP contribution in [0, 0.1) is 0 Å². The first kappa shape index (κ1) is 19.7. The van der Waals surface area contributed by atoms with Gasteiger partial charge in [0.05, 0.1) is 6.61 Å². The van der Waals surface area contributed by atoms with Crippen LogP contribution >= 0.6 is 11.8 Å². The van der Waals surface area contributed by atoms with Gasteiger partial charge >= 0.3 is 0 Å². The molecule has 1 saturated heterocycles. The zero-order chi connectivity index (χ0) is 19.9. The van der Waals surface area contributed by atoms with Crippen molar-refractivity contribution in [3.63, 3.8) is 0 Å². The quantitative estimate of drug-likeness (QED) is 0.697. The molecule has 4 atom stereocenters. The highest BCUT2D eigenvalue weighted by molar-refractivity contribution is 8.01. The molecule has 0 unspecified atom stereocenters. The number of carbonyl (C=O) groups excluding carboxylic acids is 3. The first-order chi connectivity index (χ1) is 12.7. The third kappa shape index (κ3) is 3.43. The number of hydrogen-bond acceptors (Lipinski definition) is 5. The van der Waals surface area contributed by atoms with Crippen LogP contribution in [0.1, 0.15) is 49.0 Å². The molecule has 2 heterocycles. The van der Waals surface area contributed by atoms with Crippen LogP contribution in [0.5, 0.6) is 0 Å². The molecule has 0 bridgehead atoms. The summed E-state index contributed by atoms with van der Waals surface area (Å²) in [4.78, 5) is 39.7. The lowest BCUT2D eigenvalue weighted by Gasteiger charge is -2.30. The fourth-order valence-corrected chi connectivity index (χ4v) is 5.16. The summed E-state index contributed by atoms with van der Waals surface area (Å²) < 4.78 is -0.494. The largest absolute Gasteiger partial charge is 0.394 e. The number of fused-ring (bicyclic) bond motifs is 3. The van der Waals surface area contributed by atoms with Gasteiger partial charge in [0.15, 0.2) is 0 Å². The van der Waals surface area contributed by atoms with E-state index in [2.05, 4.69) is 10.6 Å².